The van der Waals surface area contributed by atoms with E-state index in [9.17, 15) is 14.4 Å². The minimum atomic E-state index is -0.838. The number of benzene rings is 2. The Labute approximate surface area is 166 Å². The van der Waals surface area contributed by atoms with Gasteiger partial charge in [-0.25, -0.2) is 23.5 Å². The quantitative estimate of drug-likeness (QED) is 0.691. The van der Waals surface area contributed by atoms with Crippen LogP contribution in [0.15, 0.2) is 60.6 Å². The molecule has 134 valence electrons. The molecule has 10 heteroatoms. The maximum Gasteiger partial charge on any atom is 0.340 e. The summed E-state index contributed by atoms with van der Waals surface area (Å²) in [7, 11) is 1.27. The minimum absolute atomic E-state index is 0.239. The third-order valence-electron chi connectivity index (χ3n) is 3.49. The number of hydrogen-bond donors (Lipinski definition) is 1. The Balaban J connectivity index is 2.04. The zero-order valence-electron chi connectivity index (χ0n) is 13.1. The highest BCUT2D eigenvalue weighted by molar-refractivity contribution is 7.99. The first-order valence-corrected chi connectivity index (χ1v) is 9.08. The Hall–Kier alpha value is -1.93. The predicted octanol–water partition coefficient (Wildman–Crippen LogP) is 3.34. The second-order valence-electron chi connectivity index (χ2n) is 5.20. The Morgan fingerprint density at radius 2 is 1.50 bits per heavy atom. The zero-order valence-corrected chi connectivity index (χ0v) is 16.2. The molecule has 0 saturated carbocycles. The van der Waals surface area contributed by atoms with Crippen LogP contribution in [0.25, 0.3) is 5.69 Å². The van der Waals surface area contributed by atoms with Gasteiger partial charge in [0.05, 0.1) is 15.7 Å². The molecule has 1 heterocycles. The van der Waals surface area contributed by atoms with Crippen molar-refractivity contribution in [3.63, 3.8) is 0 Å². The van der Waals surface area contributed by atoms with E-state index >= 15 is 0 Å². The standard InChI is InChI=1S/C16H10Cl3N3O3S/c1-21-14(23)20-15(24)22(16(21)25)9-3-5-13(11(19)7-9)26-12-4-2-8(17)6-10(12)18/h2-7H,1H3,(H,20,23,24). The Kier molecular flexibility index (Phi) is 5.34. The first kappa shape index (κ1) is 18.8. The van der Waals surface area contributed by atoms with Gasteiger partial charge in [-0.2, -0.15) is 0 Å². The normalized spacial score (nSPS) is 10.9. The molecule has 1 N–H and O–H groups in total. The van der Waals surface area contributed by atoms with Crippen LogP contribution in [-0.4, -0.2) is 14.1 Å². The smallest absolute Gasteiger partial charge is 0.258 e. The van der Waals surface area contributed by atoms with E-state index in [1.54, 1.807) is 30.3 Å². The molecule has 0 fully saturated rings. The van der Waals surface area contributed by atoms with E-state index in [-0.39, 0.29) is 5.69 Å². The lowest BCUT2D eigenvalue weighted by Gasteiger charge is -2.10. The first-order chi connectivity index (χ1) is 12.3. The molecule has 0 amide bonds. The van der Waals surface area contributed by atoms with Crippen LogP contribution in [0.4, 0.5) is 0 Å². The number of halogens is 3. The van der Waals surface area contributed by atoms with Crippen molar-refractivity contribution >= 4 is 46.6 Å². The van der Waals surface area contributed by atoms with E-state index in [1.165, 1.54) is 24.9 Å². The van der Waals surface area contributed by atoms with E-state index < -0.39 is 17.1 Å². The van der Waals surface area contributed by atoms with E-state index in [1.807, 2.05) is 0 Å². The van der Waals surface area contributed by atoms with Gasteiger partial charge in [-0.1, -0.05) is 46.6 Å². The summed E-state index contributed by atoms with van der Waals surface area (Å²) in [6.07, 6.45) is 0. The highest BCUT2D eigenvalue weighted by Crippen LogP contribution is 2.38. The molecule has 0 radical (unpaired) electrons. The van der Waals surface area contributed by atoms with E-state index in [4.69, 9.17) is 34.8 Å². The molecule has 0 aliphatic carbocycles. The Morgan fingerprint density at radius 1 is 0.885 bits per heavy atom. The molecule has 0 spiro atoms. The van der Waals surface area contributed by atoms with Crippen molar-refractivity contribution in [2.24, 2.45) is 7.05 Å². The first-order valence-electron chi connectivity index (χ1n) is 7.13. The van der Waals surface area contributed by atoms with Crippen LogP contribution in [0, 0.1) is 0 Å². The number of aromatic amines is 1. The van der Waals surface area contributed by atoms with E-state index in [0.717, 1.165) is 14.0 Å². The molecule has 3 aromatic rings. The van der Waals surface area contributed by atoms with Crippen molar-refractivity contribution in [3.05, 3.63) is 82.9 Å². The van der Waals surface area contributed by atoms with Gasteiger partial charge in [0, 0.05) is 21.9 Å². The summed E-state index contributed by atoms with van der Waals surface area (Å²) < 4.78 is 1.63. The van der Waals surface area contributed by atoms with E-state index in [2.05, 4.69) is 4.98 Å². The fraction of sp³-hybridized carbons (Fsp3) is 0.0625. The maximum atomic E-state index is 12.2. The Morgan fingerprint density at radius 3 is 2.12 bits per heavy atom. The SMILES string of the molecule is Cn1c(=O)[nH]c(=O)n(-c2ccc(Sc3ccc(Cl)cc3Cl)c(Cl)c2)c1=O. The van der Waals surface area contributed by atoms with Crippen molar-refractivity contribution in [1.82, 2.24) is 14.1 Å². The van der Waals surface area contributed by atoms with Gasteiger partial charge in [0.25, 0.3) is 0 Å². The molecule has 0 atom stereocenters. The van der Waals surface area contributed by atoms with Gasteiger partial charge in [0.1, 0.15) is 0 Å². The van der Waals surface area contributed by atoms with Gasteiger partial charge in [0.15, 0.2) is 0 Å². The van der Waals surface area contributed by atoms with Crippen molar-refractivity contribution in [2.45, 2.75) is 9.79 Å². The summed E-state index contributed by atoms with van der Waals surface area (Å²) in [5.74, 6) is 0. The predicted molar refractivity (Wildman–Crippen MR) is 103 cm³/mol. The molecule has 0 unspecified atom stereocenters. The molecule has 3 rings (SSSR count). The van der Waals surface area contributed by atoms with E-state index in [0.29, 0.717) is 20.0 Å². The van der Waals surface area contributed by atoms with Crippen molar-refractivity contribution in [2.75, 3.05) is 0 Å². The molecule has 0 aliphatic rings. The van der Waals surface area contributed by atoms with Crippen LogP contribution in [0.3, 0.4) is 0 Å². The van der Waals surface area contributed by atoms with Gasteiger partial charge < -0.3 is 0 Å². The second-order valence-corrected chi connectivity index (χ2v) is 7.54. The van der Waals surface area contributed by atoms with Crippen LogP contribution in [-0.2, 0) is 7.05 Å². The highest BCUT2D eigenvalue weighted by atomic mass is 35.5. The number of aromatic nitrogens is 3. The average Bonchev–Trinajstić information content (AvgIpc) is 2.57. The number of nitrogens with one attached hydrogen (secondary N) is 1. The van der Waals surface area contributed by atoms with Crippen molar-refractivity contribution in [1.29, 1.82) is 0 Å². The molecule has 0 saturated heterocycles. The van der Waals surface area contributed by atoms with Crippen LogP contribution in [0.1, 0.15) is 0 Å². The topological polar surface area (TPSA) is 76.9 Å². The lowest BCUT2D eigenvalue weighted by molar-refractivity contribution is 0.660. The zero-order chi connectivity index (χ0) is 19.0. The molecule has 0 aliphatic heterocycles. The van der Waals surface area contributed by atoms with Crippen LogP contribution < -0.4 is 17.1 Å². The number of nitrogens with zero attached hydrogens (tertiary/aromatic N) is 2. The maximum absolute atomic E-state index is 12.2. The van der Waals surface area contributed by atoms with Gasteiger partial charge in [-0.15, -0.1) is 0 Å². The summed E-state index contributed by atoms with van der Waals surface area (Å²) in [4.78, 5) is 39.2. The third-order valence-corrected chi connectivity index (χ3v) is 5.72. The largest absolute Gasteiger partial charge is 0.340 e. The number of rotatable bonds is 3. The monoisotopic (exact) mass is 429 g/mol. The van der Waals surface area contributed by atoms with Crippen LogP contribution >= 0.6 is 46.6 Å². The number of hydrogen-bond acceptors (Lipinski definition) is 4. The average molecular weight is 431 g/mol. The summed E-state index contributed by atoms with van der Waals surface area (Å²) >= 11 is 19.7. The molecule has 1 aromatic heterocycles. The molecule has 2 aromatic carbocycles. The molecular weight excluding hydrogens is 421 g/mol. The Bertz CT molecular complexity index is 1180. The summed E-state index contributed by atoms with van der Waals surface area (Å²) in [6, 6.07) is 9.78. The molecule has 0 bridgehead atoms. The lowest BCUT2D eigenvalue weighted by Crippen LogP contribution is -2.47. The third kappa shape index (κ3) is 3.61. The lowest BCUT2D eigenvalue weighted by atomic mass is 10.3. The van der Waals surface area contributed by atoms with Crippen LogP contribution in [0.2, 0.25) is 15.1 Å². The second kappa shape index (κ2) is 7.36. The molecule has 26 heavy (non-hydrogen) atoms. The summed E-state index contributed by atoms with van der Waals surface area (Å²) in [5, 5.41) is 1.32. The molecule has 6 nitrogen and oxygen atoms in total. The minimum Gasteiger partial charge on any atom is -0.258 e. The van der Waals surface area contributed by atoms with Crippen molar-refractivity contribution in [3.8, 4) is 5.69 Å². The van der Waals surface area contributed by atoms with Crippen LogP contribution in [0.5, 0.6) is 0 Å². The van der Waals surface area contributed by atoms with Gasteiger partial charge >= 0.3 is 17.1 Å². The summed E-state index contributed by atoms with van der Waals surface area (Å²) in [5.41, 5.74) is -2.15. The number of H-pyrrole nitrogens is 1. The van der Waals surface area contributed by atoms with Gasteiger partial charge in [0.2, 0.25) is 0 Å². The highest BCUT2D eigenvalue weighted by Gasteiger charge is 2.12. The fourth-order valence-corrected chi connectivity index (χ4v) is 3.81. The summed E-state index contributed by atoms with van der Waals surface area (Å²) in [6.45, 7) is 0. The van der Waals surface area contributed by atoms with Gasteiger partial charge in [-0.05, 0) is 36.4 Å². The fourth-order valence-electron chi connectivity index (χ4n) is 2.17. The molecular formula is C16H10Cl3N3O3S. The van der Waals surface area contributed by atoms with Crippen molar-refractivity contribution < 1.29 is 0 Å². The van der Waals surface area contributed by atoms with Gasteiger partial charge in [-0.3, -0.25) is 4.98 Å².